The topological polar surface area (TPSA) is 80.7 Å². The minimum atomic E-state index is 0.379. The zero-order chi connectivity index (χ0) is 19.8. The summed E-state index contributed by atoms with van der Waals surface area (Å²) in [6.45, 7) is 4.39. The first kappa shape index (κ1) is 20.1. The summed E-state index contributed by atoms with van der Waals surface area (Å²) < 4.78 is 17.7. The highest BCUT2D eigenvalue weighted by molar-refractivity contribution is 7.17. The summed E-state index contributed by atoms with van der Waals surface area (Å²) in [6.07, 6.45) is 1.69. The first-order valence-corrected chi connectivity index (χ1v) is 9.91. The molecule has 0 aliphatic carbocycles. The minimum absolute atomic E-state index is 0.379. The first-order chi connectivity index (χ1) is 13.8. The highest BCUT2D eigenvalue weighted by atomic mass is 32.1. The van der Waals surface area contributed by atoms with Gasteiger partial charge in [0, 0.05) is 25.1 Å². The highest BCUT2D eigenvalue weighted by Crippen LogP contribution is 2.33. The number of benzene rings is 1. The summed E-state index contributed by atoms with van der Waals surface area (Å²) in [6, 6.07) is 13.8. The van der Waals surface area contributed by atoms with Crippen LogP contribution >= 0.6 is 11.3 Å². The van der Waals surface area contributed by atoms with Gasteiger partial charge < -0.3 is 24.1 Å². The van der Waals surface area contributed by atoms with Crippen LogP contribution in [0.5, 0.6) is 5.75 Å². The van der Waals surface area contributed by atoms with Crippen molar-refractivity contribution in [1.29, 1.82) is 0 Å². The number of fused-ring (bicyclic) bond motifs is 1. The Kier molecular flexibility index (Phi) is 7.25. The van der Waals surface area contributed by atoms with Crippen LogP contribution in [-0.4, -0.2) is 30.5 Å². The van der Waals surface area contributed by atoms with E-state index in [0.717, 1.165) is 53.2 Å². The van der Waals surface area contributed by atoms with Gasteiger partial charge in [-0.3, -0.25) is 0 Å². The lowest BCUT2D eigenvalue weighted by atomic mass is 10.1. The van der Waals surface area contributed by atoms with Crippen molar-refractivity contribution < 1.29 is 18.8 Å². The van der Waals surface area contributed by atoms with Crippen LogP contribution in [-0.2, 0) is 6.54 Å². The van der Waals surface area contributed by atoms with Crippen LogP contribution in [0.3, 0.4) is 0 Å². The number of ether oxygens (including phenoxy) is 1. The van der Waals surface area contributed by atoms with Crippen molar-refractivity contribution >= 4 is 21.6 Å². The summed E-state index contributed by atoms with van der Waals surface area (Å²) >= 11 is 1.63. The minimum Gasteiger partial charge on any atom is -0.493 e. The zero-order valence-electron chi connectivity index (χ0n) is 15.9. The molecule has 1 unspecified atom stereocenters. The van der Waals surface area contributed by atoms with E-state index in [0.29, 0.717) is 12.5 Å². The van der Waals surface area contributed by atoms with Gasteiger partial charge in [0.15, 0.2) is 5.58 Å². The maximum absolute atomic E-state index is 7.00. The molecule has 0 fully saturated rings. The molecular formula is C21H24N2O4S. The van der Waals surface area contributed by atoms with Gasteiger partial charge in [-0.2, -0.15) is 0 Å². The quantitative estimate of drug-likeness (QED) is 0.451. The average Bonchev–Trinajstić information content (AvgIpc) is 3.46. The van der Waals surface area contributed by atoms with E-state index in [1.165, 1.54) is 0 Å². The van der Waals surface area contributed by atoms with Crippen LogP contribution in [0, 0.1) is 5.92 Å². The van der Waals surface area contributed by atoms with Gasteiger partial charge in [0.1, 0.15) is 21.9 Å². The Morgan fingerprint density at radius 1 is 1.21 bits per heavy atom. The fourth-order valence-corrected chi connectivity index (χ4v) is 3.56. The van der Waals surface area contributed by atoms with E-state index in [1.807, 2.05) is 47.8 Å². The Labute approximate surface area is 167 Å². The van der Waals surface area contributed by atoms with Gasteiger partial charge in [-0.25, -0.2) is 0 Å². The summed E-state index contributed by atoms with van der Waals surface area (Å²) in [7, 11) is 1.00. The second-order valence-corrected chi connectivity index (χ2v) is 7.22. The van der Waals surface area contributed by atoms with E-state index >= 15 is 0 Å². The molecule has 148 valence electrons. The zero-order valence-corrected chi connectivity index (χ0v) is 16.7. The molecule has 2 N–H and O–H groups in total. The first-order valence-electron chi connectivity index (χ1n) is 9.03. The van der Waals surface area contributed by atoms with Crippen molar-refractivity contribution in [3.63, 3.8) is 0 Å². The molecule has 0 saturated heterocycles. The molecule has 3 heterocycles. The molecule has 4 aromatic rings. The maximum Gasteiger partial charge on any atom is 0.178 e. The van der Waals surface area contributed by atoms with E-state index in [2.05, 4.69) is 17.4 Å². The van der Waals surface area contributed by atoms with Crippen molar-refractivity contribution in [1.82, 2.24) is 10.5 Å². The van der Waals surface area contributed by atoms with E-state index in [-0.39, 0.29) is 0 Å². The Bertz CT molecular complexity index is 962. The Hall–Kier alpha value is -2.61. The molecule has 1 aromatic carbocycles. The molecule has 0 radical (unpaired) electrons. The fraction of sp³-hybridized carbons (Fsp3) is 0.286. The molecule has 7 heteroatoms. The molecule has 1 atom stereocenters. The Morgan fingerprint density at radius 3 is 2.93 bits per heavy atom. The van der Waals surface area contributed by atoms with Crippen LogP contribution < -0.4 is 10.1 Å². The molecule has 0 saturated carbocycles. The van der Waals surface area contributed by atoms with Crippen LogP contribution in [0.4, 0.5) is 0 Å². The highest BCUT2D eigenvalue weighted by Gasteiger charge is 2.12. The fourth-order valence-electron chi connectivity index (χ4n) is 2.75. The largest absolute Gasteiger partial charge is 0.493 e. The third-order valence-corrected chi connectivity index (χ3v) is 5.00. The van der Waals surface area contributed by atoms with Crippen LogP contribution in [0.2, 0.25) is 0 Å². The molecule has 0 aliphatic rings. The number of furan rings is 1. The second-order valence-electron chi connectivity index (χ2n) is 6.30. The molecule has 0 aliphatic heterocycles. The van der Waals surface area contributed by atoms with E-state index in [9.17, 15) is 0 Å². The third kappa shape index (κ3) is 5.01. The van der Waals surface area contributed by atoms with Crippen molar-refractivity contribution in [2.24, 2.45) is 5.92 Å². The van der Waals surface area contributed by atoms with Gasteiger partial charge in [-0.05, 0) is 35.7 Å². The maximum atomic E-state index is 7.00. The number of hydrogen-bond donors (Lipinski definition) is 2. The molecule has 0 spiro atoms. The smallest absolute Gasteiger partial charge is 0.178 e. The number of aliphatic hydroxyl groups is 1. The Morgan fingerprint density at radius 2 is 2.11 bits per heavy atom. The predicted molar refractivity (Wildman–Crippen MR) is 111 cm³/mol. The van der Waals surface area contributed by atoms with E-state index in [4.69, 9.17) is 18.8 Å². The van der Waals surface area contributed by atoms with Gasteiger partial charge in [0.2, 0.25) is 0 Å². The average molecular weight is 401 g/mol. The standard InChI is InChI=1S/C20H20N2O3S.CH4O/c1-14(11-21-12-17-6-3-8-23-17)13-24-16-5-2-4-15(10-16)19-20-18(25-22-19)7-9-26-20;1-2/h2-10,14,21H,11-13H2,1H3;2H,1H3. The number of aromatic nitrogens is 1. The van der Waals surface area contributed by atoms with Gasteiger partial charge in [-0.15, -0.1) is 11.3 Å². The number of thiophene rings is 1. The van der Waals surface area contributed by atoms with Crippen LogP contribution in [0.25, 0.3) is 21.5 Å². The van der Waals surface area contributed by atoms with Crippen molar-refractivity contribution in [3.8, 4) is 17.0 Å². The second kappa shape index (κ2) is 10.1. The molecule has 6 nitrogen and oxygen atoms in total. The SMILES string of the molecule is CC(CNCc1ccco1)COc1cccc(-c2noc3ccsc23)c1.CO. The number of aliphatic hydroxyl groups excluding tert-OH is 1. The molecule has 3 aromatic heterocycles. The Balaban J connectivity index is 0.00000109. The summed E-state index contributed by atoms with van der Waals surface area (Å²) in [4.78, 5) is 0. The van der Waals surface area contributed by atoms with Gasteiger partial charge >= 0.3 is 0 Å². The summed E-state index contributed by atoms with van der Waals surface area (Å²) in [5.74, 6) is 2.16. The predicted octanol–water partition coefficient (Wildman–Crippen LogP) is 4.56. The van der Waals surface area contributed by atoms with E-state index in [1.54, 1.807) is 17.6 Å². The van der Waals surface area contributed by atoms with Crippen molar-refractivity contribution in [2.45, 2.75) is 13.5 Å². The molecule has 28 heavy (non-hydrogen) atoms. The summed E-state index contributed by atoms with van der Waals surface area (Å²) in [5.41, 5.74) is 2.70. The van der Waals surface area contributed by atoms with E-state index < -0.39 is 0 Å². The number of rotatable bonds is 8. The lowest BCUT2D eigenvalue weighted by Crippen LogP contribution is -2.24. The monoisotopic (exact) mass is 400 g/mol. The number of nitrogens with zero attached hydrogens (tertiary/aromatic N) is 1. The van der Waals surface area contributed by atoms with Crippen molar-refractivity contribution in [2.75, 3.05) is 20.3 Å². The normalized spacial score (nSPS) is 11.8. The molecule has 0 amide bonds. The van der Waals surface area contributed by atoms with Crippen molar-refractivity contribution in [3.05, 3.63) is 59.9 Å². The van der Waals surface area contributed by atoms with Gasteiger partial charge in [0.25, 0.3) is 0 Å². The van der Waals surface area contributed by atoms with Crippen LogP contribution in [0.1, 0.15) is 12.7 Å². The molecule has 4 rings (SSSR count). The lowest BCUT2D eigenvalue weighted by Gasteiger charge is -2.14. The third-order valence-electron chi connectivity index (χ3n) is 4.09. The van der Waals surface area contributed by atoms with Crippen LogP contribution in [0.15, 0.2) is 63.0 Å². The lowest BCUT2D eigenvalue weighted by molar-refractivity contribution is 0.254. The number of hydrogen-bond acceptors (Lipinski definition) is 7. The van der Waals surface area contributed by atoms with Gasteiger partial charge in [0.05, 0.1) is 19.4 Å². The molecular weight excluding hydrogens is 376 g/mol. The molecule has 0 bridgehead atoms. The van der Waals surface area contributed by atoms with Gasteiger partial charge in [-0.1, -0.05) is 24.2 Å². The number of nitrogens with one attached hydrogen (secondary N) is 1. The summed E-state index contributed by atoms with van der Waals surface area (Å²) in [5, 5.41) is 16.6.